The van der Waals surface area contributed by atoms with E-state index in [9.17, 15) is 4.39 Å². The summed E-state index contributed by atoms with van der Waals surface area (Å²) in [4.78, 5) is 0. The number of hydrogen-bond acceptors (Lipinski definition) is 1. The van der Waals surface area contributed by atoms with Crippen molar-refractivity contribution in [2.75, 3.05) is 0 Å². The molecule has 0 fully saturated rings. The van der Waals surface area contributed by atoms with Crippen LogP contribution in [0.4, 0.5) is 4.39 Å². The lowest BCUT2D eigenvalue weighted by molar-refractivity contribution is 0.581. The first-order valence-electron chi connectivity index (χ1n) is 2.93. The Morgan fingerprint density at radius 3 is 2.80 bits per heavy atom. The third-order valence-corrected chi connectivity index (χ3v) is 1.17. The maximum absolute atomic E-state index is 12.7. The zero-order valence-electron chi connectivity index (χ0n) is 5.34. The molecule has 1 nitrogen and oxygen atoms in total. The predicted molar refractivity (Wildman–Crippen MR) is 39.5 cm³/mol. The Balaban J connectivity index is 2.86. The Bertz CT molecular complexity index is 213. The Morgan fingerprint density at radius 1 is 1.30 bits per heavy atom. The molecule has 0 aliphatic heterocycles. The molecule has 0 aromatic heterocycles. The van der Waals surface area contributed by atoms with Gasteiger partial charge in [-0.2, -0.15) is 0 Å². The van der Waals surface area contributed by atoms with Gasteiger partial charge in [0.1, 0.15) is 0 Å². The molecule has 0 saturated heterocycles. The Kier molecular flexibility index (Phi) is 2.15. The van der Waals surface area contributed by atoms with Gasteiger partial charge in [0.05, 0.1) is 0 Å². The summed E-state index contributed by atoms with van der Waals surface area (Å²) in [5.74, 6) is 0. The average Bonchev–Trinajstić information content (AvgIpc) is 2.13. The highest BCUT2D eigenvalue weighted by Gasteiger charge is 2.07. The monoisotopic (exact) mass is 136 g/mol. The van der Waals surface area contributed by atoms with Crippen molar-refractivity contribution in [3.8, 4) is 0 Å². The van der Waals surface area contributed by atoms with E-state index in [2.05, 4.69) is 0 Å². The van der Waals surface area contributed by atoms with E-state index in [1.54, 1.807) is 24.3 Å². The average molecular weight is 136 g/mol. The van der Waals surface area contributed by atoms with E-state index >= 15 is 0 Å². The molecule has 0 aromatic rings. The third kappa shape index (κ3) is 1.41. The molecule has 0 aromatic carbocycles. The van der Waals surface area contributed by atoms with Gasteiger partial charge in [-0.3, -0.25) is 0 Å². The fraction of sp³-hybridized carbons (Fsp3) is 0. The Labute approximate surface area is 59.1 Å². The SMILES string of the molecule is N=CC1=CC=CC=C[C]1F. The van der Waals surface area contributed by atoms with Gasteiger partial charge in [-0.25, -0.2) is 4.39 Å². The van der Waals surface area contributed by atoms with Gasteiger partial charge in [0, 0.05) is 11.8 Å². The fourth-order valence-electron chi connectivity index (χ4n) is 0.656. The van der Waals surface area contributed by atoms with Crippen LogP contribution < -0.4 is 0 Å². The van der Waals surface area contributed by atoms with Gasteiger partial charge in [0.15, 0.2) is 6.17 Å². The van der Waals surface area contributed by atoms with Crippen molar-refractivity contribution in [1.82, 2.24) is 0 Å². The molecule has 1 N–H and O–H groups in total. The zero-order valence-corrected chi connectivity index (χ0v) is 5.34. The second kappa shape index (κ2) is 3.11. The highest BCUT2D eigenvalue weighted by molar-refractivity contribution is 5.81. The normalized spacial score (nSPS) is 18.3. The van der Waals surface area contributed by atoms with Crippen molar-refractivity contribution >= 4 is 6.21 Å². The maximum Gasteiger partial charge on any atom is 0.197 e. The van der Waals surface area contributed by atoms with Crippen molar-refractivity contribution in [3.63, 3.8) is 0 Å². The van der Waals surface area contributed by atoms with E-state index in [1.165, 1.54) is 6.08 Å². The molecule has 2 heteroatoms. The van der Waals surface area contributed by atoms with Gasteiger partial charge in [0.25, 0.3) is 0 Å². The molecule has 1 aliphatic carbocycles. The van der Waals surface area contributed by atoms with Gasteiger partial charge in [-0.15, -0.1) is 0 Å². The van der Waals surface area contributed by atoms with Crippen LogP contribution in [0.2, 0.25) is 0 Å². The quantitative estimate of drug-likeness (QED) is 0.534. The lowest BCUT2D eigenvalue weighted by atomic mass is 10.2. The van der Waals surface area contributed by atoms with Crippen LogP contribution in [0.1, 0.15) is 0 Å². The molecular formula is C8H7FN. The van der Waals surface area contributed by atoms with Crippen molar-refractivity contribution in [1.29, 1.82) is 5.41 Å². The summed E-state index contributed by atoms with van der Waals surface area (Å²) in [7, 11) is 0. The molecule has 1 aliphatic rings. The van der Waals surface area contributed by atoms with Gasteiger partial charge < -0.3 is 5.41 Å². The van der Waals surface area contributed by atoms with E-state index in [0.717, 1.165) is 6.21 Å². The summed E-state index contributed by atoms with van der Waals surface area (Å²) < 4.78 is 12.7. The molecule has 0 atom stereocenters. The minimum atomic E-state index is -0.361. The fourth-order valence-corrected chi connectivity index (χ4v) is 0.656. The summed E-state index contributed by atoms with van der Waals surface area (Å²) >= 11 is 0. The van der Waals surface area contributed by atoms with Crippen LogP contribution in [-0.2, 0) is 0 Å². The van der Waals surface area contributed by atoms with Crippen LogP contribution in [0, 0.1) is 11.6 Å². The van der Waals surface area contributed by atoms with Crippen molar-refractivity contribution in [2.24, 2.45) is 0 Å². The molecule has 0 unspecified atom stereocenters. The van der Waals surface area contributed by atoms with Crippen LogP contribution in [0.5, 0.6) is 0 Å². The van der Waals surface area contributed by atoms with E-state index in [-0.39, 0.29) is 6.17 Å². The number of halogens is 1. The number of nitrogens with one attached hydrogen (secondary N) is 1. The second-order valence-electron chi connectivity index (χ2n) is 1.86. The largest absolute Gasteiger partial charge is 0.308 e. The van der Waals surface area contributed by atoms with E-state index in [4.69, 9.17) is 5.41 Å². The molecule has 1 radical (unpaired) electrons. The lowest BCUT2D eigenvalue weighted by Crippen LogP contribution is -1.90. The maximum atomic E-state index is 12.7. The predicted octanol–water partition coefficient (Wildman–Crippen LogP) is 2.19. The minimum absolute atomic E-state index is 0.310. The van der Waals surface area contributed by atoms with Gasteiger partial charge >= 0.3 is 0 Å². The molecule has 1 rings (SSSR count). The first kappa shape index (κ1) is 6.93. The van der Waals surface area contributed by atoms with E-state index < -0.39 is 0 Å². The van der Waals surface area contributed by atoms with E-state index in [0.29, 0.717) is 5.57 Å². The summed E-state index contributed by atoms with van der Waals surface area (Å²) in [5.41, 5.74) is 0.310. The highest BCUT2D eigenvalue weighted by atomic mass is 19.1. The van der Waals surface area contributed by atoms with E-state index in [1.807, 2.05) is 0 Å². The first-order valence-corrected chi connectivity index (χ1v) is 2.93. The zero-order chi connectivity index (χ0) is 7.40. The highest BCUT2D eigenvalue weighted by Crippen LogP contribution is 2.16. The third-order valence-electron chi connectivity index (χ3n) is 1.17. The molecule has 0 heterocycles. The van der Waals surface area contributed by atoms with Gasteiger partial charge in [-0.05, 0) is 6.08 Å². The summed E-state index contributed by atoms with van der Waals surface area (Å²) in [5, 5.41) is 6.80. The summed E-state index contributed by atoms with van der Waals surface area (Å²) in [6.45, 7) is 0. The van der Waals surface area contributed by atoms with Crippen molar-refractivity contribution in [2.45, 2.75) is 0 Å². The van der Waals surface area contributed by atoms with Crippen molar-refractivity contribution < 1.29 is 4.39 Å². The van der Waals surface area contributed by atoms with Crippen LogP contribution >= 0.6 is 0 Å². The molecule has 0 amide bonds. The smallest absolute Gasteiger partial charge is 0.197 e. The van der Waals surface area contributed by atoms with Gasteiger partial charge in [0.2, 0.25) is 0 Å². The molecule has 0 bridgehead atoms. The van der Waals surface area contributed by atoms with Crippen LogP contribution in [0.15, 0.2) is 36.0 Å². The van der Waals surface area contributed by atoms with Crippen LogP contribution in [0.25, 0.3) is 0 Å². The topological polar surface area (TPSA) is 23.9 Å². The minimum Gasteiger partial charge on any atom is -0.308 e. The Hall–Kier alpha value is -1.18. The molecule has 0 saturated carbocycles. The lowest BCUT2D eigenvalue weighted by Gasteiger charge is -1.96. The Morgan fingerprint density at radius 2 is 2.10 bits per heavy atom. The second-order valence-corrected chi connectivity index (χ2v) is 1.86. The standard InChI is InChI=1S/C8H7FN/c9-8-5-3-1-2-4-7(8)6-10/h1-6,10H. The first-order chi connectivity index (χ1) is 4.84. The molecular weight excluding hydrogens is 129 g/mol. The summed E-state index contributed by atoms with van der Waals surface area (Å²) in [6.07, 6.45) is 8.54. The van der Waals surface area contributed by atoms with Crippen molar-refractivity contribution in [3.05, 3.63) is 42.1 Å². The molecule has 10 heavy (non-hydrogen) atoms. The summed E-state index contributed by atoms with van der Waals surface area (Å²) in [6, 6.07) is 0. The van der Waals surface area contributed by atoms with Crippen LogP contribution in [-0.4, -0.2) is 6.21 Å². The van der Waals surface area contributed by atoms with Crippen LogP contribution in [0.3, 0.4) is 0 Å². The molecule has 0 spiro atoms. The van der Waals surface area contributed by atoms with Gasteiger partial charge in [-0.1, -0.05) is 24.3 Å². The number of rotatable bonds is 1. The molecule has 51 valence electrons. The number of hydrogen-bond donors (Lipinski definition) is 1. The number of allylic oxidation sites excluding steroid dienone is 6.